The third-order valence-corrected chi connectivity index (χ3v) is 4.59. The van der Waals surface area contributed by atoms with E-state index in [2.05, 4.69) is 12.2 Å². The molecule has 1 N–H and O–H groups in total. The summed E-state index contributed by atoms with van der Waals surface area (Å²) in [6.45, 7) is 4.29. The van der Waals surface area contributed by atoms with Crippen LogP contribution in [0.3, 0.4) is 0 Å². The van der Waals surface area contributed by atoms with Crippen molar-refractivity contribution in [2.75, 3.05) is 5.32 Å². The molecule has 2 nitrogen and oxygen atoms in total. The SMILES string of the molecule is CCCCCCCC[C@H]1C[C@H]1C(=O)Nc1ccccc1C. The number of unbranched alkanes of at least 4 members (excludes halogenated alkanes) is 5. The molecule has 0 radical (unpaired) electrons. The number of hydrogen-bond acceptors (Lipinski definition) is 1. The normalized spacial score (nSPS) is 20.3. The lowest BCUT2D eigenvalue weighted by Crippen LogP contribution is -2.15. The summed E-state index contributed by atoms with van der Waals surface area (Å²) in [7, 11) is 0. The first-order valence-electron chi connectivity index (χ1n) is 8.59. The summed E-state index contributed by atoms with van der Waals surface area (Å²) in [6, 6.07) is 8.00. The van der Waals surface area contributed by atoms with Crippen LogP contribution in [0, 0.1) is 18.8 Å². The molecule has 0 aliphatic heterocycles. The van der Waals surface area contributed by atoms with Crippen LogP contribution in [0.5, 0.6) is 0 Å². The third-order valence-electron chi connectivity index (χ3n) is 4.59. The molecule has 1 amide bonds. The van der Waals surface area contributed by atoms with Gasteiger partial charge in [0.2, 0.25) is 5.91 Å². The van der Waals surface area contributed by atoms with Gasteiger partial charge in [-0.3, -0.25) is 4.79 Å². The number of rotatable bonds is 9. The van der Waals surface area contributed by atoms with E-state index in [1.807, 2.05) is 31.2 Å². The lowest BCUT2D eigenvalue weighted by atomic mass is 10.1. The van der Waals surface area contributed by atoms with Gasteiger partial charge in [0, 0.05) is 11.6 Å². The highest BCUT2D eigenvalue weighted by Gasteiger charge is 2.42. The fourth-order valence-electron chi connectivity index (χ4n) is 3.01. The van der Waals surface area contributed by atoms with Crippen molar-refractivity contribution in [2.24, 2.45) is 11.8 Å². The van der Waals surface area contributed by atoms with E-state index in [1.54, 1.807) is 0 Å². The number of benzene rings is 1. The van der Waals surface area contributed by atoms with E-state index in [-0.39, 0.29) is 11.8 Å². The van der Waals surface area contributed by atoms with Crippen molar-refractivity contribution >= 4 is 11.6 Å². The lowest BCUT2D eigenvalue weighted by Gasteiger charge is -2.07. The fourth-order valence-corrected chi connectivity index (χ4v) is 3.01. The molecule has 1 aliphatic carbocycles. The third kappa shape index (κ3) is 5.18. The zero-order valence-electron chi connectivity index (χ0n) is 13.5. The van der Waals surface area contributed by atoms with Gasteiger partial charge < -0.3 is 5.32 Å². The summed E-state index contributed by atoms with van der Waals surface area (Å²) in [5, 5.41) is 3.08. The largest absolute Gasteiger partial charge is 0.326 e. The van der Waals surface area contributed by atoms with Gasteiger partial charge in [0.15, 0.2) is 0 Å². The monoisotopic (exact) mass is 287 g/mol. The molecule has 2 rings (SSSR count). The van der Waals surface area contributed by atoms with Gasteiger partial charge in [-0.25, -0.2) is 0 Å². The number of carbonyl (C=O) groups excluding carboxylic acids is 1. The summed E-state index contributed by atoms with van der Waals surface area (Å²) < 4.78 is 0. The topological polar surface area (TPSA) is 29.1 Å². The van der Waals surface area contributed by atoms with Crippen LogP contribution in [-0.4, -0.2) is 5.91 Å². The molecule has 0 heterocycles. The van der Waals surface area contributed by atoms with Gasteiger partial charge in [0.05, 0.1) is 0 Å². The van der Waals surface area contributed by atoms with Crippen LogP contribution >= 0.6 is 0 Å². The molecule has 1 fully saturated rings. The van der Waals surface area contributed by atoms with Crippen LogP contribution in [0.25, 0.3) is 0 Å². The number of para-hydroxylation sites is 1. The van der Waals surface area contributed by atoms with Gasteiger partial charge >= 0.3 is 0 Å². The summed E-state index contributed by atoms with van der Waals surface area (Å²) in [5.41, 5.74) is 2.10. The van der Waals surface area contributed by atoms with Gasteiger partial charge in [-0.1, -0.05) is 63.6 Å². The molecule has 0 saturated heterocycles. The number of anilines is 1. The number of hydrogen-bond donors (Lipinski definition) is 1. The maximum Gasteiger partial charge on any atom is 0.227 e. The molecule has 2 atom stereocenters. The molecule has 0 aromatic heterocycles. The highest BCUT2D eigenvalue weighted by molar-refractivity contribution is 5.95. The molecule has 116 valence electrons. The first-order chi connectivity index (χ1) is 10.2. The Morgan fingerprint density at radius 3 is 2.62 bits per heavy atom. The zero-order chi connectivity index (χ0) is 15.1. The quantitative estimate of drug-likeness (QED) is 0.612. The minimum Gasteiger partial charge on any atom is -0.326 e. The molecule has 0 unspecified atom stereocenters. The van der Waals surface area contributed by atoms with Crippen molar-refractivity contribution in [2.45, 2.75) is 65.2 Å². The summed E-state index contributed by atoms with van der Waals surface area (Å²) in [5.74, 6) is 1.13. The smallest absolute Gasteiger partial charge is 0.227 e. The van der Waals surface area contributed by atoms with Gasteiger partial charge in [0.1, 0.15) is 0 Å². The van der Waals surface area contributed by atoms with Crippen molar-refractivity contribution in [1.29, 1.82) is 0 Å². The van der Waals surface area contributed by atoms with Gasteiger partial charge in [-0.05, 0) is 37.3 Å². The van der Waals surface area contributed by atoms with Crippen molar-refractivity contribution < 1.29 is 4.79 Å². The molecule has 21 heavy (non-hydrogen) atoms. The van der Waals surface area contributed by atoms with E-state index in [0.717, 1.165) is 17.7 Å². The van der Waals surface area contributed by atoms with Crippen molar-refractivity contribution in [3.63, 3.8) is 0 Å². The van der Waals surface area contributed by atoms with E-state index >= 15 is 0 Å². The number of nitrogens with one attached hydrogen (secondary N) is 1. The van der Waals surface area contributed by atoms with Crippen molar-refractivity contribution in [3.8, 4) is 0 Å². The number of amides is 1. The van der Waals surface area contributed by atoms with Gasteiger partial charge in [-0.15, -0.1) is 0 Å². The average molecular weight is 287 g/mol. The molecule has 2 heteroatoms. The van der Waals surface area contributed by atoms with Gasteiger partial charge in [0.25, 0.3) is 0 Å². The Hall–Kier alpha value is -1.31. The second-order valence-electron chi connectivity index (χ2n) is 6.46. The molecule has 1 saturated carbocycles. The zero-order valence-corrected chi connectivity index (χ0v) is 13.5. The molecule has 0 spiro atoms. The van der Waals surface area contributed by atoms with E-state index in [9.17, 15) is 4.79 Å². The Labute approximate surface area is 129 Å². The van der Waals surface area contributed by atoms with Crippen LogP contribution in [0.2, 0.25) is 0 Å². The molecular formula is C19H29NO. The second-order valence-corrected chi connectivity index (χ2v) is 6.46. The first kappa shape index (κ1) is 16.1. The number of aryl methyl sites for hydroxylation is 1. The van der Waals surface area contributed by atoms with Crippen LogP contribution in [-0.2, 0) is 4.79 Å². The predicted molar refractivity (Wildman–Crippen MR) is 89.4 cm³/mol. The minimum atomic E-state index is 0.222. The molecule has 1 aromatic carbocycles. The molecule has 1 aliphatic rings. The number of carbonyl (C=O) groups is 1. The molecule has 1 aromatic rings. The second kappa shape index (κ2) is 8.21. The van der Waals surface area contributed by atoms with E-state index < -0.39 is 0 Å². The summed E-state index contributed by atoms with van der Waals surface area (Å²) in [6.07, 6.45) is 10.4. The van der Waals surface area contributed by atoms with Crippen molar-refractivity contribution in [3.05, 3.63) is 29.8 Å². The maximum absolute atomic E-state index is 12.2. The first-order valence-corrected chi connectivity index (χ1v) is 8.59. The molecular weight excluding hydrogens is 258 g/mol. The highest BCUT2D eigenvalue weighted by Crippen LogP contribution is 2.43. The van der Waals surface area contributed by atoms with E-state index in [1.165, 1.54) is 44.9 Å². The van der Waals surface area contributed by atoms with Crippen molar-refractivity contribution in [1.82, 2.24) is 0 Å². The van der Waals surface area contributed by atoms with E-state index in [0.29, 0.717) is 5.92 Å². The minimum absolute atomic E-state index is 0.222. The van der Waals surface area contributed by atoms with Gasteiger partial charge in [-0.2, -0.15) is 0 Å². The Bertz CT molecular complexity index is 455. The molecule has 0 bridgehead atoms. The van der Waals surface area contributed by atoms with E-state index in [4.69, 9.17) is 0 Å². The van der Waals surface area contributed by atoms with Crippen LogP contribution in [0.4, 0.5) is 5.69 Å². The Morgan fingerprint density at radius 1 is 1.14 bits per heavy atom. The maximum atomic E-state index is 12.2. The predicted octanol–water partition coefficient (Wildman–Crippen LogP) is 5.32. The summed E-state index contributed by atoms with van der Waals surface area (Å²) >= 11 is 0. The van der Waals surface area contributed by atoms with Crippen LogP contribution < -0.4 is 5.32 Å². The Kier molecular flexibility index (Phi) is 6.28. The lowest BCUT2D eigenvalue weighted by molar-refractivity contribution is -0.117. The average Bonchev–Trinajstić information content (AvgIpc) is 3.25. The summed E-state index contributed by atoms with van der Waals surface area (Å²) in [4.78, 5) is 12.2. The standard InChI is InChI=1S/C19H29NO/c1-3-4-5-6-7-8-12-16-14-17(16)19(21)20-18-13-10-9-11-15(18)2/h9-11,13,16-17H,3-8,12,14H2,1-2H3,(H,20,21)/t16-,17+/m0/s1. The fraction of sp³-hybridized carbons (Fsp3) is 0.632. The Balaban J connectivity index is 1.62. The highest BCUT2D eigenvalue weighted by atomic mass is 16.2. The van der Waals surface area contributed by atoms with Crippen LogP contribution in [0.15, 0.2) is 24.3 Å². The van der Waals surface area contributed by atoms with Crippen LogP contribution in [0.1, 0.15) is 63.9 Å². The Morgan fingerprint density at radius 2 is 1.86 bits per heavy atom.